The molecule has 0 aliphatic rings. The molecule has 0 saturated heterocycles. The van der Waals surface area contributed by atoms with E-state index in [1.165, 1.54) is 5.56 Å². The molecule has 2 aromatic rings. The lowest BCUT2D eigenvalue weighted by atomic mass is 9.97. The Labute approximate surface area is 137 Å². The van der Waals surface area contributed by atoms with E-state index in [-0.39, 0.29) is 5.78 Å². The largest absolute Gasteiger partial charge is 0.493 e. The number of aryl methyl sites for hydroxylation is 3. The second-order valence-corrected chi connectivity index (χ2v) is 5.56. The lowest BCUT2D eigenvalue weighted by Crippen LogP contribution is -2.00. The maximum absolute atomic E-state index is 12.4. The fourth-order valence-electron chi connectivity index (χ4n) is 2.44. The highest BCUT2D eigenvalue weighted by Gasteiger charge is 2.08. The van der Waals surface area contributed by atoms with Crippen LogP contribution in [-0.4, -0.2) is 20.0 Å². The first-order valence-corrected chi connectivity index (χ1v) is 7.48. The number of ketones is 1. The molecule has 0 spiro atoms. The van der Waals surface area contributed by atoms with E-state index in [2.05, 4.69) is 6.92 Å². The fourth-order valence-corrected chi connectivity index (χ4v) is 2.44. The molecule has 0 bridgehead atoms. The monoisotopic (exact) mass is 310 g/mol. The Morgan fingerprint density at radius 2 is 1.52 bits per heavy atom. The topological polar surface area (TPSA) is 35.5 Å². The van der Waals surface area contributed by atoms with Crippen molar-refractivity contribution in [1.29, 1.82) is 0 Å². The van der Waals surface area contributed by atoms with E-state index in [9.17, 15) is 4.79 Å². The third-order valence-corrected chi connectivity index (χ3v) is 3.94. The van der Waals surface area contributed by atoms with Crippen LogP contribution >= 0.6 is 0 Å². The molecule has 0 aliphatic heterocycles. The molecule has 0 heterocycles. The molecule has 0 amide bonds. The van der Waals surface area contributed by atoms with Crippen molar-refractivity contribution in [1.82, 2.24) is 0 Å². The minimum Gasteiger partial charge on any atom is -0.493 e. The zero-order chi connectivity index (χ0) is 17.0. The van der Waals surface area contributed by atoms with E-state index in [1.807, 2.05) is 44.2 Å². The molecule has 0 N–H and O–H groups in total. The Hall–Kier alpha value is -2.55. The predicted octanol–water partition coefficient (Wildman–Crippen LogP) is 4.53. The van der Waals surface area contributed by atoms with E-state index in [1.54, 1.807) is 26.4 Å². The van der Waals surface area contributed by atoms with Crippen LogP contribution in [0.4, 0.5) is 0 Å². The number of carbonyl (C=O) groups excluding carboxylic acids is 1. The van der Waals surface area contributed by atoms with Crippen LogP contribution in [0.2, 0.25) is 0 Å². The molecule has 120 valence electrons. The summed E-state index contributed by atoms with van der Waals surface area (Å²) in [6, 6.07) is 9.55. The standard InChI is InChI=1S/C20H22O3/c1-13-10-15(3)17(11-14(13)2)18(21)8-6-16-7-9-19(22-4)20(12-16)23-5/h6-12H,1-5H3/b8-6+. The molecule has 0 aromatic heterocycles. The van der Waals surface area contributed by atoms with E-state index in [0.29, 0.717) is 11.5 Å². The van der Waals surface area contributed by atoms with Gasteiger partial charge < -0.3 is 9.47 Å². The summed E-state index contributed by atoms with van der Waals surface area (Å²) in [5.41, 5.74) is 4.94. The van der Waals surface area contributed by atoms with Crippen LogP contribution in [0.5, 0.6) is 11.5 Å². The highest BCUT2D eigenvalue weighted by molar-refractivity contribution is 6.08. The van der Waals surface area contributed by atoms with Gasteiger partial charge in [0.1, 0.15) is 0 Å². The van der Waals surface area contributed by atoms with Gasteiger partial charge in [0, 0.05) is 5.56 Å². The maximum atomic E-state index is 12.4. The molecular weight excluding hydrogens is 288 g/mol. The molecular formula is C20H22O3. The van der Waals surface area contributed by atoms with Crippen LogP contribution in [0.3, 0.4) is 0 Å². The highest BCUT2D eigenvalue weighted by Crippen LogP contribution is 2.28. The van der Waals surface area contributed by atoms with E-state index in [0.717, 1.165) is 22.3 Å². The first kappa shape index (κ1) is 16.8. The van der Waals surface area contributed by atoms with Gasteiger partial charge in [-0.25, -0.2) is 0 Å². The first-order chi connectivity index (χ1) is 11.0. The van der Waals surface area contributed by atoms with Crippen molar-refractivity contribution < 1.29 is 14.3 Å². The summed E-state index contributed by atoms with van der Waals surface area (Å²) in [5, 5.41) is 0. The summed E-state index contributed by atoms with van der Waals surface area (Å²) >= 11 is 0. The molecule has 0 unspecified atom stereocenters. The SMILES string of the molecule is COc1ccc(/C=C/C(=O)c2cc(C)c(C)cc2C)cc1OC. The number of methoxy groups -OCH3 is 2. The average molecular weight is 310 g/mol. The van der Waals surface area contributed by atoms with Crippen molar-refractivity contribution in [3.05, 3.63) is 64.2 Å². The highest BCUT2D eigenvalue weighted by atomic mass is 16.5. The number of hydrogen-bond acceptors (Lipinski definition) is 3. The van der Waals surface area contributed by atoms with Crippen LogP contribution in [0, 0.1) is 20.8 Å². The number of carbonyl (C=O) groups is 1. The average Bonchev–Trinajstić information content (AvgIpc) is 2.55. The van der Waals surface area contributed by atoms with Gasteiger partial charge in [-0.3, -0.25) is 4.79 Å². The zero-order valence-electron chi connectivity index (χ0n) is 14.3. The van der Waals surface area contributed by atoms with Crippen LogP contribution < -0.4 is 9.47 Å². The Bertz CT molecular complexity index is 758. The lowest BCUT2D eigenvalue weighted by Gasteiger charge is -2.08. The molecule has 3 heteroatoms. The Kier molecular flexibility index (Phi) is 5.22. The van der Waals surface area contributed by atoms with Crippen molar-refractivity contribution in [3.8, 4) is 11.5 Å². The van der Waals surface area contributed by atoms with Gasteiger partial charge in [0.25, 0.3) is 0 Å². The van der Waals surface area contributed by atoms with Gasteiger partial charge in [0.2, 0.25) is 0 Å². The fraction of sp³-hybridized carbons (Fsp3) is 0.250. The van der Waals surface area contributed by atoms with Crippen LogP contribution in [0.15, 0.2) is 36.4 Å². The van der Waals surface area contributed by atoms with E-state index < -0.39 is 0 Å². The smallest absolute Gasteiger partial charge is 0.186 e. The van der Waals surface area contributed by atoms with Crippen molar-refractivity contribution in [2.45, 2.75) is 20.8 Å². The van der Waals surface area contributed by atoms with Crippen LogP contribution in [0.25, 0.3) is 6.08 Å². The summed E-state index contributed by atoms with van der Waals surface area (Å²) in [7, 11) is 3.19. The quantitative estimate of drug-likeness (QED) is 0.601. The van der Waals surface area contributed by atoms with Crippen LogP contribution in [0.1, 0.15) is 32.6 Å². The second-order valence-electron chi connectivity index (χ2n) is 5.56. The molecule has 2 aromatic carbocycles. The van der Waals surface area contributed by atoms with Gasteiger partial charge in [-0.1, -0.05) is 18.2 Å². The molecule has 3 nitrogen and oxygen atoms in total. The summed E-state index contributed by atoms with van der Waals surface area (Å²) < 4.78 is 10.5. The Balaban J connectivity index is 2.26. The van der Waals surface area contributed by atoms with Gasteiger partial charge in [-0.2, -0.15) is 0 Å². The molecule has 0 saturated carbocycles. The van der Waals surface area contributed by atoms with E-state index >= 15 is 0 Å². The van der Waals surface area contributed by atoms with Crippen molar-refractivity contribution in [2.75, 3.05) is 14.2 Å². The Morgan fingerprint density at radius 1 is 0.870 bits per heavy atom. The summed E-state index contributed by atoms with van der Waals surface area (Å²) in [6.07, 6.45) is 3.39. The first-order valence-electron chi connectivity index (χ1n) is 7.48. The number of benzene rings is 2. The third-order valence-electron chi connectivity index (χ3n) is 3.94. The molecule has 2 rings (SSSR count). The molecule has 0 aliphatic carbocycles. The number of allylic oxidation sites excluding steroid dienone is 1. The van der Waals surface area contributed by atoms with Crippen molar-refractivity contribution in [3.63, 3.8) is 0 Å². The number of hydrogen-bond donors (Lipinski definition) is 0. The summed E-state index contributed by atoms with van der Waals surface area (Å²) in [4.78, 5) is 12.4. The third kappa shape index (κ3) is 3.81. The molecule has 0 atom stereocenters. The van der Waals surface area contributed by atoms with Crippen LogP contribution in [-0.2, 0) is 0 Å². The Morgan fingerprint density at radius 3 is 2.17 bits per heavy atom. The number of rotatable bonds is 5. The van der Waals surface area contributed by atoms with E-state index in [4.69, 9.17) is 9.47 Å². The van der Waals surface area contributed by atoms with Crippen molar-refractivity contribution in [2.24, 2.45) is 0 Å². The minimum atomic E-state index is 0.000356. The summed E-state index contributed by atoms with van der Waals surface area (Å²) in [5.74, 6) is 1.31. The van der Waals surface area contributed by atoms with Gasteiger partial charge in [0.05, 0.1) is 14.2 Å². The number of ether oxygens (including phenoxy) is 2. The molecule has 23 heavy (non-hydrogen) atoms. The van der Waals surface area contributed by atoms with Gasteiger partial charge in [-0.15, -0.1) is 0 Å². The van der Waals surface area contributed by atoms with Gasteiger partial charge in [-0.05, 0) is 67.3 Å². The van der Waals surface area contributed by atoms with Crippen molar-refractivity contribution >= 4 is 11.9 Å². The zero-order valence-corrected chi connectivity index (χ0v) is 14.3. The normalized spacial score (nSPS) is 10.8. The maximum Gasteiger partial charge on any atom is 0.186 e. The van der Waals surface area contributed by atoms with Gasteiger partial charge >= 0.3 is 0 Å². The predicted molar refractivity (Wildman–Crippen MR) is 93.6 cm³/mol. The minimum absolute atomic E-state index is 0.000356. The second kappa shape index (κ2) is 7.14. The molecule has 0 fully saturated rings. The molecule has 0 radical (unpaired) electrons. The van der Waals surface area contributed by atoms with Gasteiger partial charge in [0.15, 0.2) is 17.3 Å². The summed E-state index contributed by atoms with van der Waals surface area (Å²) in [6.45, 7) is 6.03. The lowest BCUT2D eigenvalue weighted by molar-refractivity contribution is 0.104.